The van der Waals surface area contributed by atoms with Crippen LogP contribution in [0.15, 0.2) is 48.5 Å². The molecule has 1 atom stereocenters. The number of hydrogen-bond acceptors (Lipinski definition) is 5. The number of carboxylic acids is 1. The fraction of sp³-hybridized carbons (Fsp3) is 0.217. The maximum Gasteiger partial charge on any atom is 0.346 e. The van der Waals surface area contributed by atoms with Crippen LogP contribution in [0.1, 0.15) is 39.4 Å². The Morgan fingerprint density at radius 1 is 1.20 bits per heavy atom. The van der Waals surface area contributed by atoms with Crippen LogP contribution in [0.2, 0.25) is 0 Å². The van der Waals surface area contributed by atoms with Crippen LogP contribution >= 0.6 is 11.3 Å². The van der Waals surface area contributed by atoms with Crippen molar-refractivity contribution in [3.05, 3.63) is 63.8 Å². The summed E-state index contributed by atoms with van der Waals surface area (Å²) in [6.45, 7) is 2.41. The molecular weight excluding hydrogens is 402 g/mol. The average Bonchev–Trinajstić information content (AvgIpc) is 3.13. The first-order chi connectivity index (χ1) is 14.5. The van der Waals surface area contributed by atoms with Gasteiger partial charge >= 0.3 is 5.97 Å². The molecule has 0 radical (unpaired) electrons. The number of anilines is 1. The molecule has 154 valence electrons. The number of thiophene rings is 1. The molecule has 2 heterocycles. The number of carbonyl (C=O) groups is 2. The van der Waals surface area contributed by atoms with E-state index in [4.69, 9.17) is 9.47 Å². The number of carbonyl (C=O) groups excluding carboxylic acids is 1. The average molecular weight is 423 g/mol. The third-order valence-corrected chi connectivity index (χ3v) is 6.36. The first-order valence-corrected chi connectivity index (χ1v) is 10.4. The van der Waals surface area contributed by atoms with Crippen LogP contribution in [0.25, 0.3) is 11.1 Å². The Morgan fingerprint density at radius 2 is 1.93 bits per heavy atom. The van der Waals surface area contributed by atoms with Gasteiger partial charge in [0.15, 0.2) is 0 Å². The summed E-state index contributed by atoms with van der Waals surface area (Å²) in [7, 11) is 1.57. The van der Waals surface area contributed by atoms with Crippen molar-refractivity contribution in [2.24, 2.45) is 0 Å². The largest absolute Gasteiger partial charge is 0.497 e. The summed E-state index contributed by atoms with van der Waals surface area (Å²) in [5, 5.41) is 12.8. The van der Waals surface area contributed by atoms with Crippen LogP contribution in [0.5, 0.6) is 11.5 Å². The predicted octanol–water partition coefficient (Wildman–Crippen LogP) is 4.99. The van der Waals surface area contributed by atoms with Crippen molar-refractivity contribution in [1.29, 1.82) is 0 Å². The summed E-state index contributed by atoms with van der Waals surface area (Å²) in [6.07, 6.45) is 0.235. The molecule has 1 unspecified atom stereocenters. The molecule has 0 spiro atoms. The summed E-state index contributed by atoms with van der Waals surface area (Å²) in [5.74, 6) is -0.0598. The number of aromatic carboxylic acids is 1. The van der Waals surface area contributed by atoms with Gasteiger partial charge in [0.25, 0.3) is 0 Å². The molecule has 1 aliphatic heterocycles. The summed E-state index contributed by atoms with van der Waals surface area (Å²) >= 11 is 1.21. The fourth-order valence-corrected chi connectivity index (χ4v) is 5.01. The predicted molar refractivity (Wildman–Crippen MR) is 116 cm³/mol. The second-order valence-electron chi connectivity index (χ2n) is 6.85. The van der Waals surface area contributed by atoms with Crippen molar-refractivity contribution in [2.45, 2.75) is 19.3 Å². The van der Waals surface area contributed by atoms with Crippen LogP contribution < -0.4 is 14.8 Å². The van der Waals surface area contributed by atoms with Crippen molar-refractivity contribution in [2.75, 3.05) is 19.0 Å². The van der Waals surface area contributed by atoms with E-state index in [0.717, 1.165) is 10.4 Å². The molecule has 0 saturated heterocycles. The van der Waals surface area contributed by atoms with Gasteiger partial charge in [0.05, 0.1) is 19.4 Å². The Labute approximate surface area is 178 Å². The quantitative estimate of drug-likeness (QED) is 0.583. The molecule has 2 aromatic carbocycles. The molecule has 3 aromatic rings. The highest BCUT2D eigenvalue weighted by atomic mass is 32.1. The normalized spacial score (nSPS) is 15.3. The number of carboxylic acid groups (broad SMARTS) is 1. The number of rotatable bonds is 6. The summed E-state index contributed by atoms with van der Waals surface area (Å²) in [4.78, 5) is 25.7. The van der Waals surface area contributed by atoms with E-state index in [1.807, 2.05) is 31.2 Å². The zero-order valence-electron chi connectivity index (χ0n) is 16.6. The van der Waals surface area contributed by atoms with E-state index in [1.165, 1.54) is 11.3 Å². The van der Waals surface area contributed by atoms with Crippen LogP contribution in [-0.2, 0) is 4.79 Å². The highest BCUT2D eigenvalue weighted by Crippen LogP contribution is 2.50. The molecule has 6 nitrogen and oxygen atoms in total. The SMILES string of the molecule is CCOc1ccccc1C1CC(=O)Nc2c1sc(C(=O)O)c2-c1ccc(OC)cc1. The molecule has 1 amide bonds. The minimum atomic E-state index is -1.02. The van der Waals surface area contributed by atoms with Crippen LogP contribution in [0, 0.1) is 0 Å². The lowest BCUT2D eigenvalue weighted by Crippen LogP contribution is -2.22. The number of amides is 1. The van der Waals surface area contributed by atoms with E-state index < -0.39 is 5.97 Å². The van der Waals surface area contributed by atoms with E-state index in [-0.39, 0.29) is 23.1 Å². The van der Waals surface area contributed by atoms with Crippen molar-refractivity contribution >= 4 is 28.9 Å². The van der Waals surface area contributed by atoms with Crippen LogP contribution in [-0.4, -0.2) is 30.7 Å². The van der Waals surface area contributed by atoms with Gasteiger partial charge in [-0.25, -0.2) is 4.79 Å². The van der Waals surface area contributed by atoms with Crippen molar-refractivity contribution in [3.8, 4) is 22.6 Å². The molecule has 30 heavy (non-hydrogen) atoms. The monoisotopic (exact) mass is 423 g/mol. The lowest BCUT2D eigenvalue weighted by molar-refractivity contribution is -0.116. The van der Waals surface area contributed by atoms with Crippen molar-refractivity contribution in [3.63, 3.8) is 0 Å². The van der Waals surface area contributed by atoms with E-state index in [2.05, 4.69) is 5.32 Å². The Bertz CT molecular complexity index is 1100. The Balaban J connectivity index is 1.90. The zero-order chi connectivity index (χ0) is 21.3. The summed E-state index contributed by atoms with van der Waals surface area (Å²) in [5.41, 5.74) is 2.69. The first-order valence-electron chi connectivity index (χ1n) is 9.59. The third kappa shape index (κ3) is 3.52. The highest BCUT2D eigenvalue weighted by molar-refractivity contribution is 7.15. The Hall–Kier alpha value is -3.32. The molecule has 1 aromatic heterocycles. The highest BCUT2D eigenvalue weighted by Gasteiger charge is 2.35. The van der Waals surface area contributed by atoms with Crippen LogP contribution in [0.4, 0.5) is 5.69 Å². The fourth-order valence-electron chi connectivity index (χ4n) is 3.78. The maximum absolute atomic E-state index is 12.6. The van der Waals surface area contributed by atoms with E-state index >= 15 is 0 Å². The van der Waals surface area contributed by atoms with Crippen molar-refractivity contribution < 1.29 is 24.2 Å². The van der Waals surface area contributed by atoms with Crippen molar-refractivity contribution in [1.82, 2.24) is 0 Å². The number of methoxy groups -OCH3 is 1. The van der Waals surface area contributed by atoms with Gasteiger partial charge in [0, 0.05) is 28.3 Å². The first kappa shape index (κ1) is 20.0. The van der Waals surface area contributed by atoms with E-state index in [9.17, 15) is 14.7 Å². The van der Waals surface area contributed by atoms with E-state index in [0.29, 0.717) is 34.9 Å². The summed E-state index contributed by atoms with van der Waals surface area (Å²) < 4.78 is 11.0. The second-order valence-corrected chi connectivity index (χ2v) is 7.91. The van der Waals surface area contributed by atoms with Gasteiger partial charge in [-0.2, -0.15) is 0 Å². The standard InChI is InChI=1S/C23H21NO5S/c1-3-29-17-7-5-4-6-15(17)16-12-18(25)24-20-19(22(23(26)27)30-21(16)20)13-8-10-14(28-2)11-9-13/h4-11,16H,3,12H2,1-2H3,(H,24,25)(H,26,27). The van der Waals surface area contributed by atoms with Crippen LogP contribution in [0.3, 0.4) is 0 Å². The second kappa shape index (κ2) is 8.20. The molecule has 7 heteroatoms. The van der Waals surface area contributed by atoms with E-state index in [1.54, 1.807) is 31.4 Å². The van der Waals surface area contributed by atoms with Gasteiger partial charge in [-0.1, -0.05) is 30.3 Å². The lowest BCUT2D eigenvalue weighted by atomic mass is 9.88. The van der Waals surface area contributed by atoms with Gasteiger partial charge < -0.3 is 19.9 Å². The lowest BCUT2D eigenvalue weighted by Gasteiger charge is -2.25. The molecule has 0 aliphatic carbocycles. The zero-order valence-corrected chi connectivity index (χ0v) is 17.4. The number of ether oxygens (including phenoxy) is 2. The molecule has 1 aliphatic rings. The minimum absolute atomic E-state index is 0.150. The Kier molecular flexibility index (Phi) is 5.46. The molecule has 0 fully saturated rings. The van der Waals surface area contributed by atoms with Gasteiger partial charge in [0.2, 0.25) is 5.91 Å². The number of nitrogens with one attached hydrogen (secondary N) is 1. The van der Waals surface area contributed by atoms with Gasteiger partial charge in [-0.3, -0.25) is 4.79 Å². The molecule has 0 saturated carbocycles. The van der Waals surface area contributed by atoms with Gasteiger partial charge in [-0.05, 0) is 30.7 Å². The molecule has 4 rings (SSSR count). The number of benzene rings is 2. The van der Waals surface area contributed by atoms with Gasteiger partial charge in [0.1, 0.15) is 16.4 Å². The molecular formula is C23H21NO5S. The van der Waals surface area contributed by atoms with Gasteiger partial charge in [-0.15, -0.1) is 11.3 Å². The number of fused-ring (bicyclic) bond motifs is 1. The third-order valence-electron chi connectivity index (χ3n) is 5.07. The summed E-state index contributed by atoms with van der Waals surface area (Å²) in [6, 6.07) is 14.8. The topological polar surface area (TPSA) is 84.9 Å². The smallest absolute Gasteiger partial charge is 0.346 e. The maximum atomic E-state index is 12.6. The molecule has 0 bridgehead atoms. The number of hydrogen-bond donors (Lipinski definition) is 2. The molecule has 2 N–H and O–H groups in total. The Morgan fingerprint density at radius 3 is 2.60 bits per heavy atom. The minimum Gasteiger partial charge on any atom is -0.497 e. The number of para-hydroxylation sites is 1.